The second-order valence-electron chi connectivity index (χ2n) is 23.4. The molecular formula is C57H107N31O17. The Labute approximate surface area is 603 Å². The zero-order valence-electron chi connectivity index (χ0n) is 58.3. The van der Waals surface area contributed by atoms with Gasteiger partial charge in [-0.1, -0.05) is 0 Å². The molecule has 10 atom stereocenters. The number of rotatable bonds is 56. The quantitative estimate of drug-likeness (QED) is 0.0153. The lowest BCUT2D eigenvalue weighted by molar-refractivity contribution is -0.142. The molecule has 592 valence electrons. The first-order chi connectivity index (χ1) is 49.3. The second-order valence-corrected chi connectivity index (χ2v) is 23.4. The Bertz CT molecular complexity index is 3080. The van der Waals surface area contributed by atoms with Crippen molar-refractivity contribution in [2.75, 3.05) is 45.8 Å². The minimum Gasteiger partial charge on any atom is -0.481 e. The molecule has 0 spiro atoms. The summed E-state index contributed by atoms with van der Waals surface area (Å²) in [7, 11) is 0. The molecule has 0 saturated carbocycles. The molecule has 0 bridgehead atoms. The van der Waals surface area contributed by atoms with Crippen LogP contribution in [-0.4, -0.2) is 245 Å². The van der Waals surface area contributed by atoms with E-state index in [1.807, 2.05) is 0 Å². The molecule has 0 aliphatic carbocycles. The Hall–Kier alpha value is -12.0. The van der Waals surface area contributed by atoms with Gasteiger partial charge in [0.1, 0.15) is 54.4 Å². The second kappa shape index (κ2) is 52.0. The van der Waals surface area contributed by atoms with Gasteiger partial charge in [0.2, 0.25) is 53.2 Å². The summed E-state index contributed by atoms with van der Waals surface area (Å²) in [6, 6.07) is -16.5. The molecule has 0 aromatic carbocycles. The molecule has 105 heavy (non-hydrogen) atoms. The summed E-state index contributed by atoms with van der Waals surface area (Å²) in [5.74, 6) is -18.1. The van der Waals surface area contributed by atoms with E-state index in [1.54, 1.807) is 0 Å². The van der Waals surface area contributed by atoms with Gasteiger partial charge in [0.15, 0.2) is 41.7 Å². The Balaban J connectivity index is 7.73. The van der Waals surface area contributed by atoms with Gasteiger partial charge in [0, 0.05) is 65.1 Å². The number of nitrogens with zero attached hydrogens (tertiary/aromatic N) is 7. The largest absolute Gasteiger partial charge is 0.481 e. The van der Waals surface area contributed by atoms with Gasteiger partial charge in [-0.2, -0.15) is 0 Å². The van der Waals surface area contributed by atoms with Crippen LogP contribution in [0.25, 0.3) is 0 Å². The summed E-state index contributed by atoms with van der Waals surface area (Å²) in [5.41, 5.74) is 82.6. The standard InChI is InChI=1S/C57H107N31O17/c58-28(8-1-21-73-51(59)60)41(95)80-34(15-18-38(89)90)47(101)83-29(9-2-22-74-52(61)62)42(96)81-31(11-4-24-76-54(65)66)44(98)86-35(16-19-39(91)92)48(102)84-30(10-3-23-75-53(63)64)43(97)82-32(12-5-25-77-55(67)68)45(99)87-36(17-20-40(93)94)49(103)85-33(13-6-26-78-56(69)70)46(100)88-37(50(104)105)14-7-27-79-57(71)72/h28-37H,1-27,58H2,(H,80,95)(H,81,96)(H,82,97)(H,83,101)(H,84,102)(H,85,103)(H,86,98)(H,87,99)(H,88,100)(H,89,90)(H,91,92)(H,93,94)(H,104,105)(H4,59,60,73)(H4,61,62,74)(H4,63,64,75)(H4,65,66,76)(H4,67,68,77)(H4,69,70,78)(H4,71,72,79)/t28-,29-,30-,31-,32-,33-,34-,35-,36-,37-/m0/s1. The van der Waals surface area contributed by atoms with Crippen LogP contribution in [0.2, 0.25) is 0 Å². The van der Waals surface area contributed by atoms with E-state index >= 15 is 0 Å². The summed E-state index contributed by atoms with van der Waals surface area (Å²) in [5, 5.41) is 60.9. The molecular weight excluding hydrogens is 1390 g/mol. The smallest absolute Gasteiger partial charge is 0.326 e. The monoisotopic (exact) mass is 1500 g/mol. The molecule has 0 fully saturated rings. The summed E-state index contributed by atoms with van der Waals surface area (Å²) in [6.07, 6.45) is -5.97. The van der Waals surface area contributed by atoms with Crippen LogP contribution in [-0.2, 0) is 62.3 Å². The molecule has 43 N–H and O–H groups in total. The van der Waals surface area contributed by atoms with Crippen LogP contribution in [0.15, 0.2) is 34.9 Å². The molecule has 9 amide bonds. The van der Waals surface area contributed by atoms with Crippen molar-refractivity contribution < 1.29 is 82.8 Å². The number of aliphatic carboxylic acids is 4. The predicted molar refractivity (Wildman–Crippen MR) is 383 cm³/mol. The molecule has 0 aromatic heterocycles. The summed E-state index contributed by atoms with van der Waals surface area (Å²) < 4.78 is 0. The van der Waals surface area contributed by atoms with Gasteiger partial charge in [-0.25, -0.2) is 4.79 Å². The van der Waals surface area contributed by atoms with Gasteiger partial charge >= 0.3 is 23.9 Å². The summed E-state index contributed by atoms with van der Waals surface area (Å²) >= 11 is 0. The number of carboxylic acids is 4. The van der Waals surface area contributed by atoms with Crippen molar-refractivity contribution in [3.63, 3.8) is 0 Å². The molecule has 0 heterocycles. The molecule has 48 nitrogen and oxygen atoms in total. The van der Waals surface area contributed by atoms with Crippen molar-refractivity contribution in [1.29, 1.82) is 0 Å². The van der Waals surface area contributed by atoms with Gasteiger partial charge in [0.05, 0.1) is 6.04 Å². The number of carbonyl (C=O) groups is 13. The van der Waals surface area contributed by atoms with Crippen molar-refractivity contribution >= 4 is 119 Å². The van der Waals surface area contributed by atoms with Crippen molar-refractivity contribution in [3.8, 4) is 0 Å². The number of amides is 9. The number of nitrogens with two attached hydrogens (primary N) is 15. The first-order valence-corrected chi connectivity index (χ1v) is 33.1. The summed E-state index contributed by atoms with van der Waals surface area (Å²) in [6.45, 7) is -0.638. The fourth-order valence-corrected chi connectivity index (χ4v) is 9.34. The van der Waals surface area contributed by atoms with E-state index < -0.39 is 176 Å². The lowest BCUT2D eigenvalue weighted by atomic mass is 10.0. The number of hydrogen-bond acceptors (Lipinski definition) is 21. The normalized spacial score (nSPS) is 13.5. The highest BCUT2D eigenvalue weighted by Gasteiger charge is 2.36. The summed E-state index contributed by atoms with van der Waals surface area (Å²) in [4.78, 5) is 203. The minimum absolute atomic E-state index is 0.00536. The topological polar surface area (TPSA) is 888 Å². The number of carbonyl (C=O) groups excluding carboxylic acids is 9. The van der Waals surface area contributed by atoms with Crippen LogP contribution in [0.4, 0.5) is 0 Å². The first-order valence-electron chi connectivity index (χ1n) is 33.1. The number of hydrogen-bond donors (Lipinski definition) is 28. The Kier molecular flexibility index (Phi) is 46.0. The van der Waals surface area contributed by atoms with E-state index in [0.29, 0.717) is 0 Å². The Morgan fingerprint density at radius 1 is 0.229 bits per heavy atom. The van der Waals surface area contributed by atoms with Crippen molar-refractivity contribution in [2.24, 2.45) is 121 Å². The highest BCUT2D eigenvalue weighted by atomic mass is 16.4. The van der Waals surface area contributed by atoms with E-state index in [1.165, 1.54) is 0 Å². The SMILES string of the molecule is NC(N)=NCCC[C@H](NC(=O)[C@H](CCCN=C(N)N)NC(=O)[C@H](CCC(=O)O)NC(=O)[C@H](CCCN=C(N)N)NC(=O)[C@H](CCCN=C(N)N)NC(=O)[C@H](CCC(=O)O)NC(=O)[C@H](CCCN=C(N)N)NC(=O)[C@H](CCCN=C(N)N)NC(=O)[C@H](CCC(=O)O)NC(=O)[C@@H](N)CCCN=C(N)N)C(=O)O. The van der Waals surface area contributed by atoms with Crippen molar-refractivity contribution in [2.45, 2.75) is 189 Å². The molecule has 0 saturated heterocycles. The molecule has 0 aliphatic heterocycles. The lowest BCUT2D eigenvalue weighted by Gasteiger charge is -2.28. The maximum atomic E-state index is 14.7. The van der Waals surface area contributed by atoms with Gasteiger partial charge in [-0.05, 0) is 109 Å². The molecule has 0 rings (SSSR count). The molecule has 0 aliphatic rings. The van der Waals surface area contributed by atoms with Crippen molar-refractivity contribution in [1.82, 2.24) is 47.9 Å². The van der Waals surface area contributed by atoms with Gasteiger partial charge in [-0.15, -0.1) is 0 Å². The van der Waals surface area contributed by atoms with E-state index in [2.05, 4.69) is 82.8 Å². The van der Waals surface area contributed by atoms with E-state index in [9.17, 15) is 82.8 Å². The first kappa shape index (κ1) is 93.0. The lowest BCUT2D eigenvalue weighted by Crippen LogP contribution is -2.60. The zero-order chi connectivity index (χ0) is 79.7. The third kappa shape index (κ3) is 45.5. The molecule has 0 radical (unpaired) electrons. The number of carboxylic acid groups (broad SMARTS) is 4. The predicted octanol–water partition coefficient (Wildman–Crippen LogP) is -12.3. The number of guanidine groups is 7. The fraction of sp³-hybridized carbons (Fsp3) is 0.649. The average Bonchev–Trinajstić information content (AvgIpc) is 0.847. The average molecular weight is 1500 g/mol. The van der Waals surface area contributed by atoms with Crippen LogP contribution >= 0.6 is 0 Å². The number of nitrogens with one attached hydrogen (secondary N) is 9. The van der Waals surface area contributed by atoms with Crippen LogP contribution in [0.1, 0.15) is 128 Å². The van der Waals surface area contributed by atoms with Crippen LogP contribution in [0, 0.1) is 0 Å². The maximum Gasteiger partial charge on any atom is 0.326 e. The zero-order valence-corrected chi connectivity index (χ0v) is 58.3. The van der Waals surface area contributed by atoms with E-state index in [4.69, 9.17) is 86.0 Å². The van der Waals surface area contributed by atoms with Crippen molar-refractivity contribution in [3.05, 3.63) is 0 Å². The Morgan fingerprint density at radius 3 is 0.552 bits per heavy atom. The van der Waals surface area contributed by atoms with Crippen LogP contribution in [0.3, 0.4) is 0 Å². The fourth-order valence-electron chi connectivity index (χ4n) is 9.34. The number of aliphatic imine (C=N–C) groups is 7. The highest BCUT2D eigenvalue weighted by molar-refractivity contribution is 5.99. The van der Waals surface area contributed by atoms with Gasteiger partial charge < -0.3 is 154 Å². The van der Waals surface area contributed by atoms with Crippen LogP contribution in [0.5, 0.6) is 0 Å². The molecule has 0 aromatic rings. The maximum absolute atomic E-state index is 14.7. The third-order valence-electron chi connectivity index (χ3n) is 14.6. The van der Waals surface area contributed by atoms with E-state index in [0.717, 1.165) is 0 Å². The van der Waals surface area contributed by atoms with Crippen LogP contribution < -0.4 is 134 Å². The molecule has 48 heteroatoms. The van der Waals surface area contributed by atoms with Gasteiger partial charge in [0.25, 0.3) is 0 Å². The molecule has 0 unspecified atom stereocenters. The third-order valence-corrected chi connectivity index (χ3v) is 14.6. The highest BCUT2D eigenvalue weighted by Crippen LogP contribution is 2.13. The minimum atomic E-state index is -1.89. The van der Waals surface area contributed by atoms with Gasteiger partial charge in [-0.3, -0.25) is 92.5 Å². The Morgan fingerprint density at radius 2 is 0.381 bits per heavy atom. The van der Waals surface area contributed by atoms with E-state index in [-0.39, 0.29) is 177 Å².